The molecule has 1 nitrogen and oxygen atoms in total. The molecule has 0 saturated heterocycles. The maximum Gasteiger partial charge on any atom is 0.00682 e. The molecule has 0 atom stereocenters. The molecule has 0 aromatic carbocycles. The van der Waals surface area contributed by atoms with Crippen LogP contribution in [0.1, 0.15) is 44.4 Å². The van der Waals surface area contributed by atoms with E-state index >= 15 is 0 Å². The molecular formula is C14H23NS. The second kappa shape index (κ2) is 5.33. The highest BCUT2D eigenvalue weighted by molar-refractivity contribution is 7.09. The van der Waals surface area contributed by atoms with E-state index in [0.717, 1.165) is 6.04 Å². The summed E-state index contributed by atoms with van der Waals surface area (Å²) in [6, 6.07) is 5.26. The van der Waals surface area contributed by atoms with E-state index in [0.29, 0.717) is 5.41 Å². The molecule has 0 bridgehead atoms. The molecule has 1 saturated carbocycles. The van der Waals surface area contributed by atoms with Crippen molar-refractivity contribution in [2.75, 3.05) is 6.54 Å². The maximum atomic E-state index is 3.61. The third kappa shape index (κ3) is 4.26. The molecule has 0 spiro atoms. The lowest BCUT2D eigenvalue weighted by molar-refractivity contribution is 0.302. The van der Waals surface area contributed by atoms with Gasteiger partial charge in [0.2, 0.25) is 0 Å². The molecule has 1 aliphatic carbocycles. The normalized spacial score (nSPS) is 16.6. The summed E-state index contributed by atoms with van der Waals surface area (Å²) in [5.41, 5.74) is 0.478. The molecule has 2 rings (SSSR count). The van der Waals surface area contributed by atoms with Gasteiger partial charge in [-0.1, -0.05) is 19.9 Å². The van der Waals surface area contributed by atoms with Crippen molar-refractivity contribution in [3.05, 3.63) is 22.4 Å². The summed E-state index contributed by atoms with van der Waals surface area (Å²) in [5, 5.41) is 5.79. The van der Waals surface area contributed by atoms with Crippen LogP contribution in [0.5, 0.6) is 0 Å². The zero-order chi connectivity index (χ0) is 11.4. The van der Waals surface area contributed by atoms with Crippen molar-refractivity contribution in [2.45, 2.75) is 52.0 Å². The van der Waals surface area contributed by atoms with Crippen molar-refractivity contribution in [3.8, 4) is 0 Å². The van der Waals surface area contributed by atoms with E-state index in [9.17, 15) is 0 Å². The number of rotatable bonds is 7. The Morgan fingerprint density at radius 1 is 1.38 bits per heavy atom. The fourth-order valence-electron chi connectivity index (χ4n) is 1.94. The summed E-state index contributed by atoms with van der Waals surface area (Å²) in [4.78, 5) is 1.53. The van der Waals surface area contributed by atoms with Gasteiger partial charge in [-0.25, -0.2) is 0 Å². The van der Waals surface area contributed by atoms with Gasteiger partial charge < -0.3 is 5.32 Å². The molecule has 0 unspecified atom stereocenters. The molecule has 1 aliphatic rings. The minimum atomic E-state index is 0.478. The van der Waals surface area contributed by atoms with Crippen LogP contribution in [-0.2, 0) is 6.42 Å². The van der Waals surface area contributed by atoms with Crippen molar-refractivity contribution in [1.82, 2.24) is 5.32 Å². The SMILES string of the molecule is CC(C)(CCNC1CC1)CCc1cccs1. The van der Waals surface area contributed by atoms with Gasteiger partial charge in [-0.3, -0.25) is 0 Å². The molecule has 0 amide bonds. The Morgan fingerprint density at radius 2 is 2.19 bits per heavy atom. The van der Waals surface area contributed by atoms with Crippen LogP contribution in [0.3, 0.4) is 0 Å². The monoisotopic (exact) mass is 237 g/mol. The Kier molecular flexibility index (Phi) is 4.04. The highest BCUT2D eigenvalue weighted by Gasteiger charge is 2.22. The summed E-state index contributed by atoms with van der Waals surface area (Å²) in [5.74, 6) is 0. The van der Waals surface area contributed by atoms with Gasteiger partial charge in [-0.05, 0) is 55.5 Å². The summed E-state index contributed by atoms with van der Waals surface area (Å²) < 4.78 is 0. The fourth-order valence-corrected chi connectivity index (χ4v) is 2.65. The molecule has 1 N–H and O–H groups in total. The minimum absolute atomic E-state index is 0.478. The third-order valence-corrected chi connectivity index (χ3v) is 4.38. The van der Waals surface area contributed by atoms with Gasteiger partial charge in [0.05, 0.1) is 0 Å². The fraction of sp³-hybridized carbons (Fsp3) is 0.714. The molecular weight excluding hydrogens is 214 g/mol. The Morgan fingerprint density at radius 3 is 2.81 bits per heavy atom. The molecule has 1 heterocycles. The highest BCUT2D eigenvalue weighted by atomic mass is 32.1. The largest absolute Gasteiger partial charge is 0.314 e. The first-order chi connectivity index (χ1) is 7.66. The molecule has 90 valence electrons. The number of aryl methyl sites for hydroxylation is 1. The standard InChI is InChI=1S/C14H23NS/c1-14(2,9-10-15-12-5-6-12)8-7-13-4-3-11-16-13/h3-4,11-12,15H,5-10H2,1-2H3. The molecule has 0 radical (unpaired) electrons. The Bertz CT molecular complexity index is 299. The van der Waals surface area contributed by atoms with Gasteiger partial charge in [0.1, 0.15) is 0 Å². The summed E-state index contributed by atoms with van der Waals surface area (Å²) >= 11 is 1.89. The first-order valence-corrected chi connectivity index (χ1v) is 7.29. The van der Waals surface area contributed by atoms with Crippen LogP contribution in [0.25, 0.3) is 0 Å². The number of hydrogen-bond acceptors (Lipinski definition) is 2. The highest BCUT2D eigenvalue weighted by Crippen LogP contribution is 2.28. The molecule has 1 aromatic rings. The summed E-state index contributed by atoms with van der Waals surface area (Å²) in [6.45, 7) is 5.99. The first kappa shape index (κ1) is 12.1. The van der Waals surface area contributed by atoms with Crippen LogP contribution in [0.15, 0.2) is 17.5 Å². The van der Waals surface area contributed by atoms with Crippen molar-refractivity contribution in [3.63, 3.8) is 0 Å². The lowest BCUT2D eigenvalue weighted by atomic mass is 9.84. The van der Waals surface area contributed by atoms with Crippen molar-refractivity contribution >= 4 is 11.3 Å². The van der Waals surface area contributed by atoms with Gasteiger partial charge in [0, 0.05) is 10.9 Å². The molecule has 0 aliphatic heterocycles. The average molecular weight is 237 g/mol. The van der Waals surface area contributed by atoms with E-state index in [-0.39, 0.29) is 0 Å². The lowest BCUT2D eigenvalue weighted by Gasteiger charge is -2.24. The second-order valence-electron chi connectivity index (χ2n) is 5.72. The molecule has 16 heavy (non-hydrogen) atoms. The van der Waals surface area contributed by atoms with E-state index < -0.39 is 0 Å². The van der Waals surface area contributed by atoms with E-state index in [1.165, 1.54) is 43.5 Å². The zero-order valence-electron chi connectivity index (χ0n) is 10.5. The van der Waals surface area contributed by atoms with Crippen molar-refractivity contribution in [2.24, 2.45) is 5.41 Å². The van der Waals surface area contributed by atoms with Crippen LogP contribution in [0.4, 0.5) is 0 Å². The van der Waals surface area contributed by atoms with Crippen LogP contribution >= 0.6 is 11.3 Å². The Hall–Kier alpha value is -0.340. The topological polar surface area (TPSA) is 12.0 Å². The molecule has 1 aromatic heterocycles. The van der Waals surface area contributed by atoms with Crippen molar-refractivity contribution in [1.29, 1.82) is 0 Å². The predicted octanol–water partition coefficient (Wildman–Crippen LogP) is 3.85. The smallest absolute Gasteiger partial charge is 0.00682 e. The summed E-state index contributed by atoms with van der Waals surface area (Å²) in [7, 11) is 0. The van der Waals surface area contributed by atoms with Crippen LogP contribution in [0, 0.1) is 5.41 Å². The van der Waals surface area contributed by atoms with E-state index in [4.69, 9.17) is 0 Å². The van der Waals surface area contributed by atoms with Gasteiger partial charge in [0.15, 0.2) is 0 Å². The first-order valence-electron chi connectivity index (χ1n) is 6.41. The predicted molar refractivity (Wildman–Crippen MR) is 72.1 cm³/mol. The maximum absolute atomic E-state index is 3.61. The molecule has 2 heteroatoms. The zero-order valence-corrected chi connectivity index (χ0v) is 11.3. The Labute approximate surface area is 103 Å². The number of nitrogens with one attached hydrogen (secondary N) is 1. The second-order valence-corrected chi connectivity index (χ2v) is 6.75. The summed E-state index contributed by atoms with van der Waals surface area (Å²) in [6.07, 6.45) is 6.65. The van der Waals surface area contributed by atoms with Gasteiger partial charge in [-0.2, -0.15) is 0 Å². The number of hydrogen-bond donors (Lipinski definition) is 1. The van der Waals surface area contributed by atoms with Gasteiger partial charge >= 0.3 is 0 Å². The van der Waals surface area contributed by atoms with Crippen LogP contribution in [-0.4, -0.2) is 12.6 Å². The molecule has 1 fully saturated rings. The van der Waals surface area contributed by atoms with E-state index in [1.807, 2.05) is 11.3 Å². The Balaban J connectivity index is 1.64. The van der Waals surface area contributed by atoms with Gasteiger partial charge in [0.25, 0.3) is 0 Å². The lowest BCUT2D eigenvalue weighted by Crippen LogP contribution is -2.24. The van der Waals surface area contributed by atoms with Crippen LogP contribution < -0.4 is 5.32 Å². The minimum Gasteiger partial charge on any atom is -0.314 e. The quantitative estimate of drug-likeness (QED) is 0.759. The average Bonchev–Trinajstić information content (AvgIpc) is 2.91. The van der Waals surface area contributed by atoms with Crippen molar-refractivity contribution < 1.29 is 0 Å². The third-order valence-electron chi connectivity index (χ3n) is 3.44. The van der Waals surface area contributed by atoms with E-state index in [2.05, 4.69) is 36.7 Å². The van der Waals surface area contributed by atoms with Crippen LogP contribution in [0.2, 0.25) is 0 Å². The van der Waals surface area contributed by atoms with Gasteiger partial charge in [-0.15, -0.1) is 11.3 Å². The van der Waals surface area contributed by atoms with E-state index in [1.54, 1.807) is 0 Å². The number of thiophene rings is 1.